The van der Waals surface area contributed by atoms with Gasteiger partial charge in [0.05, 0.1) is 14.2 Å². The second kappa shape index (κ2) is 9.62. The molecule has 0 bridgehead atoms. The van der Waals surface area contributed by atoms with Gasteiger partial charge in [-0.15, -0.1) is 0 Å². The topological polar surface area (TPSA) is 38.7 Å². The molecule has 3 rings (SSSR count). The van der Waals surface area contributed by atoms with E-state index < -0.39 is 5.60 Å². The van der Waals surface area contributed by atoms with Crippen molar-refractivity contribution in [2.75, 3.05) is 14.2 Å². The van der Waals surface area contributed by atoms with E-state index in [1.165, 1.54) is 5.56 Å². The Hall–Kier alpha value is -2.78. The number of rotatable bonds is 9. The number of ether oxygens (including phenoxy) is 2. The molecule has 3 aromatic rings. The van der Waals surface area contributed by atoms with Gasteiger partial charge in [-0.2, -0.15) is 0 Å². The molecule has 0 unspecified atom stereocenters. The van der Waals surface area contributed by atoms with Gasteiger partial charge in [0.15, 0.2) is 0 Å². The first-order valence-electron chi connectivity index (χ1n) is 10.2. The summed E-state index contributed by atoms with van der Waals surface area (Å²) in [7, 11) is 3.28. The van der Waals surface area contributed by atoms with E-state index in [0.717, 1.165) is 24.0 Å². The molecular weight excluding hydrogens is 360 g/mol. The zero-order chi connectivity index (χ0) is 20.7. The van der Waals surface area contributed by atoms with Crippen LogP contribution in [0, 0.1) is 0 Å². The van der Waals surface area contributed by atoms with Crippen molar-refractivity contribution in [3.05, 3.63) is 95.6 Å². The van der Waals surface area contributed by atoms with E-state index in [0.29, 0.717) is 17.9 Å². The third kappa shape index (κ3) is 4.46. The first kappa shape index (κ1) is 20.9. The van der Waals surface area contributed by atoms with Gasteiger partial charge in [0, 0.05) is 11.1 Å². The van der Waals surface area contributed by atoms with Gasteiger partial charge in [-0.25, -0.2) is 0 Å². The molecule has 3 aromatic carbocycles. The van der Waals surface area contributed by atoms with Crippen LogP contribution in [0.25, 0.3) is 0 Å². The summed E-state index contributed by atoms with van der Waals surface area (Å²) in [5, 5.41) is 12.3. The Labute approximate surface area is 173 Å². The quantitative estimate of drug-likeness (QED) is 0.493. The van der Waals surface area contributed by atoms with Gasteiger partial charge < -0.3 is 14.6 Å². The van der Waals surface area contributed by atoms with Crippen LogP contribution in [0.1, 0.15) is 48.8 Å². The van der Waals surface area contributed by atoms with Crippen LogP contribution in [0.4, 0.5) is 0 Å². The first-order chi connectivity index (χ1) is 14.1. The van der Waals surface area contributed by atoms with Gasteiger partial charge >= 0.3 is 0 Å². The maximum Gasteiger partial charge on any atom is 0.125 e. The molecule has 0 saturated heterocycles. The van der Waals surface area contributed by atoms with E-state index in [1.54, 1.807) is 14.2 Å². The summed E-state index contributed by atoms with van der Waals surface area (Å²) in [5.74, 6) is 1.54. The lowest BCUT2D eigenvalue weighted by molar-refractivity contribution is 0.0564. The maximum atomic E-state index is 12.3. The normalized spacial score (nSPS) is 12.4. The molecule has 0 saturated carbocycles. The summed E-state index contributed by atoms with van der Waals surface area (Å²) in [6.45, 7) is 2.18. The molecule has 29 heavy (non-hydrogen) atoms. The molecule has 0 aliphatic rings. The summed E-state index contributed by atoms with van der Waals surface area (Å²) in [5.41, 5.74) is 1.49. The SMILES string of the molecule is CCC[C@H](CC(O)(c1ccccc1OC)c1ccccc1OC)c1ccccc1. The third-order valence-electron chi connectivity index (χ3n) is 5.56. The number of methoxy groups -OCH3 is 2. The highest BCUT2D eigenvalue weighted by Crippen LogP contribution is 2.46. The fourth-order valence-corrected chi connectivity index (χ4v) is 4.15. The number of hydrogen-bond acceptors (Lipinski definition) is 3. The van der Waals surface area contributed by atoms with Gasteiger partial charge in [-0.3, -0.25) is 0 Å². The Bertz CT molecular complexity index is 857. The van der Waals surface area contributed by atoms with Gasteiger partial charge in [0.2, 0.25) is 0 Å². The smallest absolute Gasteiger partial charge is 0.125 e. The first-order valence-corrected chi connectivity index (χ1v) is 10.2. The molecule has 0 heterocycles. The molecule has 0 fully saturated rings. The van der Waals surface area contributed by atoms with Crippen LogP contribution < -0.4 is 9.47 Å². The third-order valence-corrected chi connectivity index (χ3v) is 5.56. The van der Waals surface area contributed by atoms with Crippen molar-refractivity contribution in [2.45, 2.75) is 37.7 Å². The van der Waals surface area contributed by atoms with E-state index >= 15 is 0 Å². The summed E-state index contributed by atoms with van der Waals surface area (Å²) in [6, 6.07) is 25.8. The highest BCUT2D eigenvalue weighted by atomic mass is 16.5. The molecule has 0 radical (unpaired) electrons. The molecule has 0 amide bonds. The second-order valence-electron chi connectivity index (χ2n) is 7.36. The average molecular weight is 391 g/mol. The Morgan fingerprint density at radius 3 is 1.72 bits per heavy atom. The minimum Gasteiger partial charge on any atom is -0.496 e. The zero-order valence-electron chi connectivity index (χ0n) is 17.5. The molecule has 152 valence electrons. The van der Waals surface area contributed by atoms with Gasteiger partial charge in [0.25, 0.3) is 0 Å². The molecule has 0 spiro atoms. The van der Waals surface area contributed by atoms with Gasteiger partial charge in [-0.05, 0) is 36.5 Å². The monoisotopic (exact) mass is 390 g/mol. The maximum absolute atomic E-state index is 12.3. The minimum atomic E-state index is -1.26. The van der Waals surface area contributed by atoms with E-state index in [2.05, 4.69) is 31.2 Å². The zero-order valence-corrected chi connectivity index (χ0v) is 17.5. The van der Waals surface area contributed by atoms with Crippen molar-refractivity contribution < 1.29 is 14.6 Å². The van der Waals surface area contributed by atoms with Crippen LogP contribution in [0.2, 0.25) is 0 Å². The number of hydrogen-bond donors (Lipinski definition) is 1. The molecule has 3 heteroatoms. The summed E-state index contributed by atoms with van der Waals surface area (Å²) >= 11 is 0. The minimum absolute atomic E-state index is 0.195. The van der Waals surface area contributed by atoms with E-state index in [-0.39, 0.29) is 5.92 Å². The van der Waals surface area contributed by atoms with Crippen LogP contribution in [0.3, 0.4) is 0 Å². The van der Waals surface area contributed by atoms with Crippen molar-refractivity contribution in [2.24, 2.45) is 0 Å². The lowest BCUT2D eigenvalue weighted by Gasteiger charge is -2.35. The van der Waals surface area contributed by atoms with Gasteiger partial charge in [0.1, 0.15) is 17.1 Å². The van der Waals surface area contributed by atoms with Crippen molar-refractivity contribution in [3.8, 4) is 11.5 Å². The van der Waals surface area contributed by atoms with Crippen molar-refractivity contribution in [1.29, 1.82) is 0 Å². The molecular formula is C26H30O3. The average Bonchev–Trinajstić information content (AvgIpc) is 2.79. The van der Waals surface area contributed by atoms with Gasteiger partial charge in [-0.1, -0.05) is 80.1 Å². The number of para-hydroxylation sites is 2. The predicted octanol–water partition coefficient (Wildman–Crippen LogP) is 5.91. The standard InChI is InChI=1S/C26H30O3/c1-4-12-21(20-13-6-5-7-14-20)19-26(27,22-15-8-10-17-24(22)28-2)23-16-9-11-18-25(23)29-3/h5-11,13-18,21,27H,4,12,19H2,1-3H3/t21-/m1/s1. The van der Waals surface area contributed by atoms with Crippen LogP contribution in [0.5, 0.6) is 11.5 Å². The molecule has 1 N–H and O–H groups in total. The molecule has 1 atom stereocenters. The number of benzene rings is 3. The molecule has 0 aromatic heterocycles. The van der Waals surface area contributed by atoms with Crippen molar-refractivity contribution in [3.63, 3.8) is 0 Å². The van der Waals surface area contributed by atoms with Crippen LogP contribution in [-0.4, -0.2) is 19.3 Å². The fourth-order valence-electron chi connectivity index (χ4n) is 4.15. The van der Waals surface area contributed by atoms with Crippen LogP contribution >= 0.6 is 0 Å². The largest absolute Gasteiger partial charge is 0.496 e. The van der Waals surface area contributed by atoms with Crippen molar-refractivity contribution in [1.82, 2.24) is 0 Å². The predicted molar refractivity (Wildman–Crippen MR) is 118 cm³/mol. The summed E-state index contributed by atoms with van der Waals surface area (Å²) < 4.78 is 11.3. The van der Waals surface area contributed by atoms with Crippen molar-refractivity contribution >= 4 is 0 Å². The van der Waals surface area contributed by atoms with E-state index in [1.807, 2.05) is 54.6 Å². The van der Waals surface area contributed by atoms with Crippen LogP contribution in [0.15, 0.2) is 78.9 Å². The summed E-state index contributed by atoms with van der Waals surface area (Å²) in [4.78, 5) is 0. The lowest BCUT2D eigenvalue weighted by atomic mass is 9.75. The summed E-state index contributed by atoms with van der Waals surface area (Å²) in [6.07, 6.45) is 2.55. The number of aliphatic hydroxyl groups is 1. The van der Waals surface area contributed by atoms with Crippen LogP contribution in [-0.2, 0) is 5.60 Å². The molecule has 3 nitrogen and oxygen atoms in total. The molecule has 0 aliphatic carbocycles. The highest BCUT2D eigenvalue weighted by Gasteiger charge is 2.39. The highest BCUT2D eigenvalue weighted by molar-refractivity contribution is 5.50. The Morgan fingerprint density at radius 2 is 1.24 bits per heavy atom. The Kier molecular flexibility index (Phi) is 6.95. The Morgan fingerprint density at radius 1 is 0.759 bits per heavy atom. The Balaban J connectivity index is 2.17. The molecule has 0 aliphatic heterocycles. The fraction of sp³-hybridized carbons (Fsp3) is 0.308. The van der Waals surface area contributed by atoms with E-state index in [9.17, 15) is 5.11 Å². The lowest BCUT2D eigenvalue weighted by Crippen LogP contribution is -2.31. The second-order valence-corrected chi connectivity index (χ2v) is 7.36. The van der Waals surface area contributed by atoms with E-state index in [4.69, 9.17) is 9.47 Å².